The van der Waals surface area contributed by atoms with Gasteiger partial charge in [0.2, 0.25) is 0 Å². The lowest BCUT2D eigenvalue weighted by molar-refractivity contribution is -0.138. The maximum absolute atomic E-state index is 12.4. The summed E-state index contributed by atoms with van der Waals surface area (Å²) < 4.78 is 0. The number of piperidine rings is 1. The molecule has 0 bridgehead atoms. The third-order valence-corrected chi connectivity index (χ3v) is 3.33. The Morgan fingerprint density at radius 2 is 2.21 bits per heavy atom. The Kier molecular flexibility index (Phi) is 6.20. The first-order chi connectivity index (χ1) is 9.10. The molecule has 5 nitrogen and oxygen atoms in total. The Morgan fingerprint density at radius 3 is 2.79 bits per heavy atom. The zero-order chi connectivity index (χ0) is 14.3. The van der Waals surface area contributed by atoms with Gasteiger partial charge in [-0.2, -0.15) is 0 Å². The van der Waals surface area contributed by atoms with Gasteiger partial charge in [-0.1, -0.05) is 12.8 Å². The van der Waals surface area contributed by atoms with Crippen molar-refractivity contribution in [3.63, 3.8) is 0 Å². The standard InChI is InChI=1S/C14H22N2O3/c1-3-8-15(9-4-2)14(19)16-10-6-5-7-12(16)11-13(17)18/h1,12H,4-11H2,2H3,(H,17,18). The molecule has 0 aliphatic carbocycles. The molecule has 0 spiro atoms. The van der Waals surface area contributed by atoms with E-state index >= 15 is 0 Å². The predicted octanol–water partition coefficient (Wildman–Crippen LogP) is 1.78. The predicted molar refractivity (Wildman–Crippen MR) is 72.7 cm³/mol. The molecular weight excluding hydrogens is 244 g/mol. The number of carbonyl (C=O) groups is 2. The van der Waals surface area contributed by atoms with Crippen molar-refractivity contribution in [2.45, 2.75) is 45.1 Å². The van der Waals surface area contributed by atoms with Crippen molar-refractivity contribution in [3.8, 4) is 12.3 Å². The van der Waals surface area contributed by atoms with Crippen molar-refractivity contribution in [3.05, 3.63) is 0 Å². The molecule has 1 atom stereocenters. The molecule has 1 heterocycles. The first-order valence-corrected chi connectivity index (χ1v) is 6.81. The van der Waals surface area contributed by atoms with E-state index in [0.717, 1.165) is 25.7 Å². The molecule has 0 radical (unpaired) electrons. The van der Waals surface area contributed by atoms with Gasteiger partial charge in [-0.15, -0.1) is 6.42 Å². The molecule has 19 heavy (non-hydrogen) atoms. The Balaban J connectivity index is 2.74. The zero-order valence-corrected chi connectivity index (χ0v) is 11.5. The summed E-state index contributed by atoms with van der Waals surface area (Å²) >= 11 is 0. The monoisotopic (exact) mass is 266 g/mol. The Labute approximate surface area is 114 Å². The lowest BCUT2D eigenvalue weighted by Crippen LogP contribution is -2.51. The van der Waals surface area contributed by atoms with Crippen LogP contribution in [0.25, 0.3) is 0 Å². The maximum Gasteiger partial charge on any atom is 0.321 e. The third-order valence-electron chi connectivity index (χ3n) is 3.33. The first kappa shape index (κ1) is 15.4. The minimum atomic E-state index is -0.858. The molecule has 1 N–H and O–H groups in total. The van der Waals surface area contributed by atoms with Crippen molar-refractivity contribution in [2.75, 3.05) is 19.6 Å². The van der Waals surface area contributed by atoms with Crippen LogP contribution in [0.15, 0.2) is 0 Å². The number of urea groups is 1. The molecule has 0 aromatic heterocycles. The normalized spacial score (nSPS) is 18.7. The summed E-state index contributed by atoms with van der Waals surface area (Å²) in [5.41, 5.74) is 0. The molecule has 0 saturated carbocycles. The second kappa shape index (κ2) is 7.67. The smallest absolute Gasteiger partial charge is 0.321 e. The van der Waals surface area contributed by atoms with Crippen LogP contribution >= 0.6 is 0 Å². The summed E-state index contributed by atoms with van der Waals surface area (Å²) in [4.78, 5) is 26.6. The van der Waals surface area contributed by atoms with E-state index in [4.69, 9.17) is 11.5 Å². The van der Waals surface area contributed by atoms with Gasteiger partial charge in [0.15, 0.2) is 0 Å². The van der Waals surface area contributed by atoms with Gasteiger partial charge in [0.1, 0.15) is 0 Å². The zero-order valence-electron chi connectivity index (χ0n) is 11.5. The molecule has 5 heteroatoms. The molecule has 1 rings (SSSR count). The van der Waals surface area contributed by atoms with Crippen molar-refractivity contribution in [1.82, 2.24) is 9.80 Å². The summed E-state index contributed by atoms with van der Waals surface area (Å²) in [6, 6.07) is -0.318. The number of carboxylic acids is 1. The van der Waals surface area contributed by atoms with E-state index in [9.17, 15) is 9.59 Å². The van der Waals surface area contributed by atoms with E-state index < -0.39 is 5.97 Å². The van der Waals surface area contributed by atoms with Crippen LogP contribution in [-0.2, 0) is 4.79 Å². The van der Waals surface area contributed by atoms with E-state index in [-0.39, 0.29) is 25.0 Å². The van der Waals surface area contributed by atoms with Crippen LogP contribution in [-0.4, -0.2) is 52.6 Å². The fourth-order valence-corrected chi connectivity index (χ4v) is 2.47. The van der Waals surface area contributed by atoms with Crippen molar-refractivity contribution < 1.29 is 14.7 Å². The molecule has 1 saturated heterocycles. The second-order valence-electron chi connectivity index (χ2n) is 4.85. The van der Waals surface area contributed by atoms with E-state index in [0.29, 0.717) is 13.1 Å². The molecule has 2 amide bonds. The molecule has 1 aliphatic heterocycles. The number of hydrogen-bond donors (Lipinski definition) is 1. The lowest BCUT2D eigenvalue weighted by atomic mass is 10.00. The Morgan fingerprint density at radius 1 is 1.47 bits per heavy atom. The highest BCUT2D eigenvalue weighted by Gasteiger charge is 2.30. The maximum atomic E-state index is 12.4. The molecule has 1 aliphatic rings. The van der Waals surface area contributed by atoms with Crippen LogP contribution in [0, 0.1) is 12.3 Å². The average Bonchev–Trinajstić information content (AvgIpc) is 2.38. The first-order valence-electron chi connectivity index (χ1n) is 6.81. The van der Waals surface area contributed by atoms with E-state index in [1.165, 1.54) is 0 Å². The number of rotatable bonds is 5. The topological polar surface area (TPSA) is 60.9 Å². The third kappa shape index (κ3) is 4.47. The van der Waals surface area contributed by atoms with E-state index in [1.807, 2.05) is 6.92 Å². The highest BCUT2D eigenvalue weighted by atomic mass is 16.4. The number of aliphatic carboxylic acids is 1. The Hall–Kier alpha value is -1.70. The van der Waals surface area contributed by atoms with Crippen LogP contribution in [0.4, 0.5) is 4.79 Å². The number of carboxylic acid groups (broad SMARTS) is 1. The van der Waals surface area contributed by atoms with Gasteiger partial charge in [-0.3, -0.25) is 4.79 Å². The van der Waals surface area contributed by atoms with Crippen molar-refractivity contribution in [1.29, 1.82) is 0 Å². The minimum Gasteiger partial charge on any atom is -0.481 e. The molecule has 0 aromatic rings. The van der Waals surface area contributed by atoms with E-state index in [1.54, 1.807) is 9.80 Å². The van der Waals surface area contributed by atoms with Crippen LogP contribution in [0.1, 0.15) is 39.0 Å². The lowest BCUT2D eigenvalue weighted by Gasteiger charge is -2.38. The molecule has 0 aromatic carbocycles. The summed E-state index contributed by atoms with van der Waals surface area (Å²) in [5, 5.41) is 8.93. The number of terminal acetylenes is 1. The summed E-state index contributed by atoms with van der Waals surface area (Å²) in [7, 11) is 0. The number of hydrogen-bond acceptors (Lipinski definition) is 2. The Bertz CT molecular complexity index is 362. The van der Waals surface area contributed by atoms with Crippen LogP contribution in [0.5, 0.6) is 0 Å². The molecule has 1 fully saturated rings. The average molecular weight is 266 g/mol. The summed E-state index contributed by atoms with van der Waals surface area (Å²) in [5.74, 6) is 1.63. The van der Waals surface area contributed by atoms with Gasteiger partial charge >= 0.3 is 12.0 Å². The van der Waals surface area contributed by atoms with Crippen LogP contribution in [0.2, 0.25) is 0 Å². The van der Waals surface area contributed by atoms with Gasteiger partial charge < -0.3 is 14.9 Å². The minimum absolute atomic E-state index is 0.0156. The van der Waals surface area contributed by atoms with Crippen molar-refractivity contribution in [2.24, 2.45) is 0 Å². The highest BCUT2D eigenvalue weighted by Crippen LogP contribution is 2.21. The number of amides is 2. The number of nitrogens with zero attached hydrogens (tertiary/aromatic N) is 2. The SMILES string of the molecule is C#CCN(CCC)C(=O)N1CCCCC1CC(=O)O. The van der Waals surface area contributed by atoms with Gasteiger partial charge in [0, 0.05) is 19.1 Å². The van der Waals surface area contributed by atoms with Crippen LogP contribution < -0.4 is 0 Å². The second-order valence-corrected chi connectivity index (χ2v) is 4.85. The van der Waals surface area contributed by atoms with Gasteiger partial charge in [-0.25, -0.2) is 4.79 Å². The summed E-state index contributed by atoms with van der Waals surface area (Å²) in [6.45, 7) is 3.51. The molecule has 1 unspecified atom stereocenters. The quantitative estimate of drug-likeness (QED) is 0.772. The van der Waals surface area contributed by atoms with Gasteiger partial charge in [0.25, 0.3) is 0 Å². The highest BCUT2D eigenvalue weighted by molar-refractivity contribution is 5.76. The van der Waals surface area contributed by atoms with Crippen molar-refractivity contribution >= 4 is 12.0 Å². The number of carbonyl (C=O) groups excluding carboxylic acids is 1. The number of likely N-dealkylation sites (tertiary alicyclic amines) is 1. The van der Waals surface area contributed by atoms with Gasteiger partial charge in [-0.05, 0) is 25.7 Å². The molecular formula is C14H22N2O3. The van der Waals surface area contributed by atoms with Crippen LogP contribution in [0.3, 0.4) is 0 Å². The van der Waals surface area contributed by atoms with Gasteiger partial charge in [0.05, 0.1) is 13.0 Å². The van der Waals surface area contributed by atoms with E-state index in [2.05, 4.69) is 5.92 Å². The fraction of sp³-hybridized carbons (Fsp3) is 0.714. The summed E-state index contributed by atoms with van der Waals surface area (Å²) in [6.07, 6.45) is 8.80. The fourth-order valence-electron chi connectivity index (χ4n) is 2.47. The largest absolute Gasteiger partial charge is 0.481 e. The molecule has 106 valence electrons.